The number of nitro groups is 1. The van der Waals surface area contributed by atoms with E-state index in [1.165, 1.54) is 19.1 Å². The number of rotatable bonds is 8. The molecule has 29 heavy (non-hydrogen) atoms. The van der Waals surface area contributed by atoms with E-state index in [4.69, 9.17) is 11.6 Å². The molecular weight excluding hydrogens is 424 g/mol. The molecular formula is C17H17ClN4O6S. The van der Waals surface area contributed by atoms with Gasteiger partial charge >= 0.3 is 0 Å². The van der Waals surface area contributed by atoms with Crippen LogP contribution < -0.4 is 15.4 Å². The Bertz CT molecular complexity index is 1040. The maximum Gasteiger partial charge on any atom is 0.270 e. The van der Waals surface area contributed by atoms with E-state index < -0.39 is 31.4 Å². The van der Waals surface area contributed by atoms with Crippen molar-refractivity contribution in [1.29, 1.82) is 0 Å². The quantitative estimate of drug-likeness (QED) is 0.324. The second-order valence-corrected chi connectivity index (χ2v) is 7.93. The van der Waals surface area contributed by atoms with E-state index in [9.17, 15) is 28.1 Å². The van der Waals surface area contributed by atoms with Crippen LogP contribution in [-0.4, -0.2) is 38.2 Å². The Balaban J connectivity index is 1.92. The number of benzene rings is 2. The molecule has 2 aromatic rings. The van der Waals surface area contributed by atoms with E-state index >= 15 is 0 Å². The fourth-order valence-corrected chi connectivity index (χ4v) is 3.81. The van der Waals surface area contributed by atoms with Crippen molar-refractivity contribution in [2.24, 2.45) is 0 Å². The number of hydrogen-bond donors (Lipinski definition) is 3. The number of amides is 2. The maximum atomic E-state index is 12.3. The van der Waals surface area contributed by atoms with Gasteiger partial charge in [-0.05, 0) is 30.3 Å². The van der Waals surface area contributed by atoms with Gasteiger partial charge in [-0.25, -0.2) is 13.1 Å². The van der Waals surface area contributed by atoms with Crippen molar-refractivity contribution in [1.82, 2.24) is 10.0 Å². The fraction of sp³-hybridized carbons (Fsp3) is 0.176. The molecule has 2 rings (SSSR count). The molecule has 10 nitrogen and oxygen atoms in total. The third-order valence-electron chi connectivity index (χ3n) is 3.59. The zero-order chi connectivity index (χ0) is 21.6. The summed E-state index contributed by atoms with van der Waals surface area (Å²) in [5, 5.41) is 15.8. The van der Waals surface area contributed by atoms with E-state index in [0.29, 0.717) is 11.3 Å². The van der Waals surface area contributed by atoms with Gasteiger partial charge in [0.2, 0.25) is 15.9 Å². The number of halogens is 1. The number of nitrogens with zero attached hydrogens (tertiary/aromatic N) is 1. The van der Waals surface area contributed by atoms with Crippen molar-refractivity contribution in [3.8, 4) is 0 Å². The molecule has 0 fully saturated rings. The summed E-state index contributed by atoms with van der Waals surface area (Å²) in [6, 6.07) is 9.22. The Morgan fingerprint density at radius 3 is 2.34 bits per heavy atom. The summed E-state index contributed by atoms with van der Waals surface area (Å²) in [6.45, 7) is 1.18. The second kappa shape index (κ2) is 9.45. The average Bonchev–Trinajstić information content (AvgIpc) is 2.65. The molecule has 2 aromatic carbocycles. The van der Waals surface area contributed by atoms with Gasteiger partial charge in [0.15, 0.2) is 0 Å². The molecule has 0 aliphatic rings. The lowest BCUT2D eigenvalue weighted by molar-refractivity contribution is -0.385. The minimum Gasteiger partial charge on any atom is -0.351 e. The van der Waals surface area contributed by atoms with Gasteiger partial charge in [0.1, 0.15) is 4.90 Å². The van der Waals surface area contributed by atoms with Gasteiger partial charge in [-0.1, -0.05) is 11.6 Å². The van der Waals surface area contributed by atoms with Gasteiger partial charge in [-0.2, -0.15) is 0 Å². The Morgan fingerprint density at radius 1 is 1.10 bits per heavy atom. The topological polar surface area (TPSA) is 148 Å². The predicted octanol–water partition coefficient (Wildman–Crippen LogP) is 1.91. The molecule has 0 heterocycles. The number of anilines is 1. The molecule has 3 N–H and O–H groups in total. The van der Waals surface area contributed by atoms with Crippen LogP contribution in [0.3, 0.4) is 0 Å². The Labute approximate surface area is 171 Å². The zero-order valence-electron chi connectivity index (χ0n) is 15.1. The van der Waals surface area contributed by atoms with Crippen LogP contribution >= 0.6 is 11.6 Å². The van der Waals surface area contributed by atoms with Crippen LogP contribution in [-0.2, 0) is 14.8 Å². The summed E-state index contributed by atoms with van der Waals surface area (Å²) in [5.74, 6) is -0.676. The third kappa shape index (κ3) is 6.24. The lowest BCUT2D eigenvalue weighted by Crippen LogP contribution is -2.34. The van der Waals surface area contributed by atoms with Gasteiger partial charge in [-0.15, -0.1) is 0 Å². The van der Waals surface area contributed by atoms with E-state index in [0.717, 1.165) is 18.2 Å². The zero-order valence-corrected chi connectivity index (χ0v) is 16.7. The molecule has 0 aromatic heterocycles. The second-order valence-electron chi connectivity index (χ2n) is 5.78. The number of nitro benzene ring substituents is 1. The molecule has 0 aliphatic heterocycles. The number of non-ortho nitro benzene ring substituents is 1. The maximum absolute atomic E-state index is 12.3. The molecule has 12 heteroatoms. The SMILES string of the molecule is CC(=O)Nc1ccc(C(=O)NCCNS(=O)(=O)c2cc([N+](=O)[O-])ccc2Cl)cc1. The first-order valence-corrected chi connectivity index (χ1v) is 10.1. The van der Waals surface area contributed by atoms with E-state index in [-0.39, 0.29) is 24.0 Å². The first kappa shape index (κ1) is 22.3. The summed E-state index contributed by atoms with van der Waals surface area (Å²) < 4.78 is 26.8. The van der Waals surface area contributed by atoms with E-state index in [1.807, 2.05) is 0 Å². The fourth-order valence-electron chi connectivity index (χ4n) is 2.26. The molecule has 2 amide bonds. The third-order valence-corrected chi connectivity index (χ3v) is 5.53. The Hall–Kier alpha value is -3.02. The predicted molar refractivity (Wildman–Crippen MR) is 106 cm³/mol. The number of carbonyl (C=O) groups is 2. The number of sulfonamides is 1. The lowest BCUT2D eigenvalue weighted by atomic mass is 10.2. The molecule has 0 saturated heterocycles. The highest BCUT2D eigenvalue weighted by Gasteiger charge is 2.21. The summed E-state index contributed by atoms with van der Waals surface area (Å²) in [4.78, 5) is 32.7. The average molecular weight is 441 g/mol. The molecule has 0 unspecified atom stereocenters. The van der Waals surface area contributed by atoms with Gasteiger partial charge in [-0.3, -0.25) is 19.7 Å². The van der Waals surface area contributed by atoms with Gasteiger partial charge in [0.05, 0.1) is 9.95 Å². The largest absolute Gasteiger partial charge is 0.351 e. The molecule has 0 atom stereocenters. The van der Waals surface area contributed by atoms with Gasteiger partial charge in [0, 0.05) is 43.4 Å². The van der Waals surface area contributed by atoms with Crippen LogP contribution in [0, 0.1) is 10.1 Å². The highest BCUT2D eigenvalue weighted by Crippen LogP contribution is 2.25. The molecule has 154 valence electrons. The highest BCUT2D eigenvalue weighted by atomic mass is 35.5. The summed E-state index contributed by atoms with van der Waals surface area (Å²) in [7, 11) is -4.10. The minimum absolute atomic E-state index is 0.0297. The molecule has 0 aliphatic carbocycles. The molecule has 0 saturated carbocycles. The minimum atomic E-state index is -4.10. The Morgan fingerprint density at radius 2 is 1.76 bits per heavy atom. The normalized spacial score (nSPS) is 11.0. The molecule has 0 bridgehead atoms. The van der Waals surface area contributed by atoms with Crippen molar-refractivity contribution in [2.45, 2.75) is 11.8 Å². The number of hydrogen-bond acceptors (Lipinski definition) is 6. The summed E-state index contributed by atoms with van der Waals surface area (Å²) in [5.41, 5.74) is 0.449. The van der Waals surface area contributed by atoms with Crippen molar-refractivity contribution < 1.29 is 22.9 Å². The van der Waals surface area contributed by atoms with Gasteiger partial charge in [0.25, 0.3) is 11.6 Å². The van der Waals surface area contributed by atoms with Crippen molar-refractivity contribution in [3.63, 3.8) is 0 Å². The monoisotopic (exact) mass is 440 g/mol. The first-order chi connectivity index (χ1) is 13.6. The first-order valence-electron chi connectivity index (χ1n) is 8.19. The van der Waals surface area contributed by atoms with Crippen molar-refractivity contribution in [2.75, 3.05) is 18.4 Å². The number of carbonyl (C=O) groups excluding carboxylic acids is 2. The van der Waals surface area contributed by atoms with Crippen molar-refractivity contribution in [3.05, 3.63) is 63.2 Å². The van der Waals surface area contributed by atoms with E-state index in [2.05, 4.69) is 15.4 Å². The Kier molecular flexibility index (Phi) is 7.26. The van der Waals surface area contributed by atoms with Crippen LogP contribution in [0.4, 0.5) is 11.4 Å². The van der Waals surface area contributed by atoms with Crippen LogP contribution in [0.5, 0.6) is 0 Å². The summed E-state index contributed by atoms with van der Waals surface area (Å²) in [6.07, 6.45) is 0. The van der Waals surface area contributed by atoms with E-state index in [1.54, 1.807) is 12.1 Å². The van der Waals surface area contributed by atoms with Crippen LogP contribution in [0.1, 0.15) is 17.3 Å². The van der Waals surface area contributed by atoms with Gasteiger partial charge < -0.3 is 10.6 Å². The van der Waals surface area contributed by atoms with Crippen molar-refractivity contribution >= 4 is 44.8 Å². The molecule has 0 radical (unpaired) electrons. The highest BCUT2D eigenvalue weighted by molar-refractivity contribution is 7.89. The summed E-state index contributed by atoms with van der Waals surface area (Å²) >= 11 is 5.84. The smallest absolute Gasteiger partial charge is 0.270 e. The molecule has 0 spiro atoms. The van der Waals surface area contributed by atoms with Crippen LogP contribution in [0.25, 0.3) is 0 Å². The standard InChI is InChI=1S/C17H17ClN4O6S/c1-11(23)21-13-4-2-12(3-5-13)17(24)19-8-9-20-29(27,28)16-10-14(22(25)26)6-7-15(16)18/h2-7,10,20H,8-9H2,1H3,(H,19,24)(H,21,23). The lowest BCUT2D eigenvalue weighted by Gasteiger charge is -2.10. The van der Waals surface area contributed by atoms with Crippen LogP contribution in [0.15, 0.2) is 47.4 Å². The number of nitrogens with one attached hydrogen (secondary N) is 3. The van der Waals surface area contributed by atoms with Crippen LogP contribution in [0.2, 0.25) is 5.02 Å².